The first-order valence-electron chi connectivity index (χ1n) is 13.8. The second-order valence-corrected chi connectivity index (χ2v) is 13.2. The number of aliphatic hydroxyl groups excluding tert-OH is 1. The van der Waals surface area contributed by atoms with Crippen LogP contribution < -0.4 is 0 Å². The van der Waals surface area contributed by atoms with Crippen LogP contribution >= 0.6 is 11.8 Å². The number of nitrogens with zero attached hydrogens (tertiary/aromatic N) is 4. The van der Waals surface area contributed by atoms with Gasteiger partial charge in [-0.1, -0.05) is 37.2 Å². The van der Waals surface area contributed by atoms with E-state index in [9.17, 15) is 15.0 Å². The molecule has 0 bridgehead atoms. The van der Waals surface area contributed by atoms with Gasteiger partial charge in [0.15, 0.2) is 5.78 Å². The molecule has 2 heterocycles. The highest BCUT2D eigenvalue weighted by molar-refractivity contribution is 7.99. The molecule has 5 unspecified atom stereocenters. The molecule has 0 saturated heterocycles. The molecule has 0 aromatic carbocycles. The number of hydrogen-bond donors (Lipinski definition) is 2. The van der Waals surface area contributed by atoms with Crippen molar-refractivity contribution in [2.75, 3.05) is 5.75 Å². The van der Waals surface area contributed by atoms with E-state index >= 15 is 0 Å². The molecule has 4 aliphatic rings. The molecular weight excluding hydrogens is 496 g/mol. The monoisotopic (exact) mass is 532 g/mol. The van der Waals surface area contributed by atoms with Gasteiger partial charge in [-0.2, -0.15) is 10.4 Å². The first kappa shape index (κ1) is 25.8. The van der Waals surface area contributed by atoms with Gasteiger partial charge in [-0.15, -0.1) is 0 Å². The fourth-order valence-electron chi connectivity index (χ4n) is 8.73. The van der Waals surface area contributed by atoms with Gasteiger partial charge in [-0.05, 0) is 85.5 Å². The van der Waals surface area contributed by atoms with Crippen molar-refractivity contribution in [1.29, 1.82) is 5.26 Å². The van der Waals surface area contributed by atoms with E-state index in [1.54, 1.807) is 6.20 Å². The number of aromatic nitrogens is 3. The number of aryl methyl sites for hydroxylation is 1. The maximum absolute atomic E-state index is 13.6. The van der Waals surface area contributed by atoms with Crippen LogP contribution in [0.1, 0.15) is 63.6 Å². The van der Waals surface area contributed by atoms with Crippen LogP contribution in [0.25, 0.3) is 6.08 Å². The number of pyridine rings is 1. The summed E-state index contributed by atoms with van der Waals surface area (Å²) in [6.07, 6.45) is 10.2. The maximum Gasteiger partial charge on any atom is 0.175 e. The van der Waals surface area contributed by atoms with E-state index in [1.165, 1.54) is 22.9 Å². The Labute approximate surface area is 228 Å². The Morgan fingerprint density at radius 3 is 2.92 bits per heavy atom. The molecule has 2 aromatic rings. The van der Waals surface area contributed by atoms with Crippen molar-refractivity contribution in [3.8, 4) is 6.07 Å². The molecule has 0 radical (unpaired) electrons. The summed E-state index contributed by atoms with van der Waals surface area (Å²) < 4.78 is 1.94. The topological polar surface area (TPSA) is 112 Å². The highest BCUT2D eigenvalue weighted by Gasteiger charge is 2.68. The van der Waals surface area contributed by atoms with Gasteiger partial charge in [0.2, 0.25) is 0 Å². The standard InChI is InChI=1S/C30H36N4O3S/c1-28-15-19-17-33-34(13-5-11-31)23(19)14-20(28)7-8-21-22-9-10-30(37,29(22,2)16-24(35)27(21)28)25(36)18-38-26-6-3-4-12-32-26/h3-4,6,12,14,17,21-22,24,27,35,37H,5,7-10,13,15-16,18H2,1-2H3/t21?,22?,24-,27?,28?,29?,30-/m0/s1. The Morgan fingerprint density at radius 1 is 1.32 bits per heavy atom. The summed E-state index contributed by atoms with van der Waals surface area (Å²) in [5.74, 6) is 0.576. The van der Waals surface area contributed by atoms with Crippen LogP contribution in [-0.4, -0.2) is 48.2 Å². The fraction of sp³-hybridized carbons (Fsp3) is 0.600. The zero-order valence-electron chi connectivity index (χ0n) is 22.1. The minimum Gasteiger partial charge on any atom is -0.393 e. The molecular formula is C30H36N4O3S. The number of thioether (sulfide) groups is 1. The van der Waals surface area contributed by atoms with Gasteiger partial charge in [0.05, 0.1) is 47.8 Å². The summed E-state index contributed by atoms with van der Waals surface area (Å²) in [6.45, 7) is 4.94. The van der Waals surface area contributed by atoms with E-state index in [0.29, 0.717) is 25.8 Å². The third-order valence-corrected chi connectivity index (χ3v) is 11.5. The lowest BCUT2D eigenvalue weighted by atomic mass is 9.45. The average molecular weight is 533 g/mol. The van der Waals surface area contributed by atoms with Gasteiger partial charge in [0.25, 0.3) is 0 Å². The van der Waals surface area contributed by atoms with Gasteiger partial charge in [0.1, 0.15) is 5.60 Å². The van der Waals surface area contributed by atoms with Crippen LogP contribution in [0.5, 0.6) is 0 Å². The van der Waals surface area contributed by atoms with E-state index in [-0.39, 0.29) is 34.7 Å². The molecule has 6 rings (SSSR count). The molecule has 0 aliphatic heterocycles. The first-order chi connectivity index (χ1) is 18.2. The lowest BCUT2D eigenvalue weighted by Gasteiger charge is -2.60. The zero-order valence-corrected chi connectivity index (χ0v) is 23.0. The maximum atomic E-state index is 13.6. The number of ketones is 1. The number of aliphatic hydroxyl groups is 2. The molecule has 7 atom stereocenters. The molecule has 38 heavy (non-hydrogen) atoms. The van der Waals surface area contributed by atoms with E-state index in [4.69, 9.17) is 5.26 Å². The van der Waals surface area contributed by atoms with E-state index < -0.39 is 17.1 Å². The number of allylic oxidation sites excluding steroid dienone is 1. The molecule has 4 aliphatic carbocycles. The summed E-state index contributed by atoms with van der Waals surface area (Å²) in [4.78, 5) is 17.9. The lowest BCUT2D eigenvalue weighted by Crippen LogP contribution is -2.62. The summed E-state index contributed by atoms with van der Waals surface area (Å²) in [5, 5.41) is 38.1. The summed E-state index contributed by atoms with van der Waals surface area (Å²) in [5.41, 5.74) is 1.40. The Bertz CT molecular complexity index is 1320. The van der Waals surface area contributed by atoms with Crippen molar-refractivity contribution in [2.24, 2.45) is 28.6 Å². The molecule has 3 saturated carbocycles. The van der Waals surface area contributed by atoms with Crippen LogP contribution in [-0.2, 0) is 17.8 Å². The van der Waals surface area contributed by atoms with Crippen molar-refractivity contribution in [3.05, 3.63) is 47.4 Å². The number of Topliss-reactive ketones (excluding diaryl/α,β-unsaturated/α-hetero) is 1. The van der Waals surface area contributed by atoms with Crippen molar-refractivity contribution < 1.29 is 15.0 Å². The number of hydrogen-bond acceptors (Lipinski definition) is 7. The number of carbonyl (C=O) groups is 1. The van der Waals surface area contributed by atoms with Crippen LogP contribution in [0.2, 0.25) is 0 Å². The number of carbonyl (C=O) groups excluding carboxylic acids is 1. The molecule has 200 valence electrons. The van der Waals surface area contributed by atoms with Gasteiger partial charge < -0.3 is 10.2 Å². The Balaban J connectivity index is 1.26. The van der Waals surface area contributed by atoms with Crippen molar-refractivity contribution in [3.63, 3.8) is 0 Å². The highest BCUT2D eigenvalue weighted by atomic mass is 32.2. The highest BCUT2D eigenvalue weighted by Crippen LogP contribution is 2.67. The van der Waals surface area contributed by atoms with Gasteiger partial charge in [-0.25, -0.2) is 4.98 Å². The van der Waals surface area contributed by atoms with E-state index in [2.05, 4.69) is 36.1 Å². The Kier molecular flexibility index (Phi) is 6.33. The van der Waals surface area contributed by atoms with Gasteiger partial charge in [0, 0.05) is 11.6 Å². The van der Waals surface area contributed by atoms with Crippen LogP contribution in [0.15, 0.2) is 41.2 Å². The smallest absolute Gasteiger partial charge is 0.175 e. The zero-order chi connectivity index (χ0) is 26.7. The summed E-state index contributed by atoms with van der Waals surface area (Å²) >= 11 is 1.37. The lowest BCUT2D eigenvalue weighted by molar-refractivity contribution is -0.177. The predicted octanol–water partition coefficient (Wildman–Crippen LogP) is 4.44. The van der Waals surface area contributed by atoms with Crippen LogP contribution in [0, 0.1) is 39.9 Å². The van der Waals surface area contributed by atoms with Crippen molar-refractivity contribution in [2.45, 2.75) is 82.1 Å². The largest absolute Gasteiger partial charge is 0.393 e. The average Bonchev–Trinajstić information content (AvgIpc) is 3.41. The first-order valence-corrected chi connectivity index (χ1v) is 14.8. The Hall–Kier alpha value is -2.47. The molecule has 3 fully saturated rings. The molecule has 0 spiro atoms. The quantitative estimate of drug-likeness (QED) is 0.529. The third kappa shape index (κ3) is 3.73. The van der Waals surface area contributed by atoms with Crippen molar-refractivity contribution in [1.82, 2.24) is 14.8 Å². The van der Waals surface area contributed by atoms with Crippen LogP contribution in [0.4, 0.5) is 0 Å². The SMILES string of the molecule is CC12Cc3cnn(CCC#N)c3C=C1CCC1C2[C@@H](O)CC2(C)C1CC[C@]2(O)C(=O)CSc1ccccn1. The number of rotatable bonds is 6. The molecule has 2 N–H and O–H groups in total. The van der Waals surface area contributed by atoms with E-state index in [0.717, 1.165) is 36.4 Å². The van der Waals surface area contributed by atoms with Gasteiger partial charge >= 0.3 is 0 Å². The minimum absolute atomic E-state index is 0.0801. The third-order valence-electron chi connectivity index (χ3n) is 10.5. The normalized spacial score (nSPS) is 37.3. The molecule has 7 nitrogen and oxygen atoms in total. The fourth-order valence-corrected chi connectivity index (χ4v) is 9.56. The molecule has 8 heteroatoms. The Morgan fingerprint density at radius 2 is 2.16 bits per heavy atom. The number of nitriles is 1. The van der Waals surface area contributed by atoms with E-state index in [1.807, 2.05) is 29.1 Å². The van der Waals surface area contributed by atoms with Crippen molar-refractivity contribution >= 4 is 23.6 Å². The second kappa shape index (κ2) is 9.32. The predicted molar refractivity (Wildman–Crippen MR) is 145 cm³/mol. The summed E-state index contributed by atoms with van der Waals surface area (Å²) in [7, 11) is 0. The number of fused-ring (bicyclic) bond motifs is 6. The molecule has 2 aromatic heterocycles. The van der Waals surface area contributed by atoms with Crippen LogP contribution in [0.3, 0.4) is 0 Å². The minimum atomic E-state index is -1.43. The second-order valence-electron chi connectivity index (χ2n) is 12.3. The summed E-state index contributed by atoms with van der Waals surface area (Å²) in [6, 6.07) is 7.84. The molecule has 0 amide bonds. The van der Waals surface area contributed by atoms with Gasteiger partial charge in [-0.3, -0.25) is 9.48 Å².